The van der Waals surface area contributed by atoms with E-state index in [1.807, 2.05) is 0 Å². The number of H-pyrrole nitrogens is 1. The molecule has 0 radical (unpaired) electrons. The minimum Gasteiger partial charge on any atom is -0.465 e. The van der Waals surface area contributed by atoms with Gasteiger partial charge in [-0.05, 0) is 37.8 Å². The van der Waals surface area contributed by atoms with Crippen LogP contribution in [-0.2, 0) is 0 Å². The molecule has 2 aromatic rings. The summed E-state index contributed by atoms with van der Waals surface area (Å²) in [5.74, 6) is 0.743. The van der Waals surface area contributed by atoms with Crippen molar-refractivity contribution in [1.82, 2.24) is 14.9 Å². The minimum atomic E-state index is -0.809. The summed E-state index contributed by atoms with van der Waals surface area (Å²) >= 11 is 0. The Kier molecular flexibility index (Phi) is 3.21. The van der Waals surface area contributed by atoms with E-state index in [2.05, 4.69) is 15.3 Å². The van der Waals surface area contributed by atoms with Gasteiger partial charge in [0.15, 0.2) is 0 Å². The van der Waals surface area contributed by atoms with Gasteiger partial charge in [-0.2, -0.15) is 0 Å². The van der Waals surface area contributed by atoms with Crippen LogP contribution in [0.3, 0.4) is 0 Å². The molecular weight excluding hydrogens is 296 g/mol. The highest BCUT2D eigenvalue weighted by Crippen LogP contribution is 2.37. The topological polar surface area (TPSA) is 98.3 Å². The molecule has 7 heteroatoms. The Labute approximate surface area is 132 Å². The van der Waals surface area contributed by atoms with E-state index >= 15 is 0 Å². The fourth-order valence-electron chi connectivity index (χ4n) is 4.00. The van der Waals surface area contributed by atoms with Gasteiger partial charge in [0, 0.05) is 35.8 Å². The molecule has 7 nitrogen and oxygen atoms in total. The van der Waals surface area contributed by atoms with Gasteiger partial charge in [-0.25, -0.2) is 9.78 Å². The quantitative estimate of drug-likeness (QED) is 0.787. The molecule has 3 N–H and O–H groups in total. The summed E-state index contributed by atoms with van der Waals surface area (Å²) in [7, 11) is 0. The molecule has 4 heterocycles. The predicted molar refractivity (Wildman–Crippen MR) is 85.7 cm³/mol. The second-order valence-corrected chi connectivity index (χ2v) is 6.33. The average Bonchev–Trinajstić information content (AvgIpc) is 2.79. The number of piperidine rings is 1. The molecule has 3 atom stereocenters. The number of anilines is 1. The second-order valence-electron chi connectivity index (χ2n) is 6.33. The van der Waals surface area contributed by atoms with Crippen molar-refractivity contribution < 1.29 is 9.90 Å². The first-order valence-electron chi connectivity index (χ1n) is 7.87. The van der Waals surface area contributed by atoms with Crippen molar-refractivity contribution in [2.24, 2.45) is 0 Å². The highest BCUT2D eigenvalue weighted by molar-refractivity contribution is 5.88. The van der Waals surface area contributed by atoms with Crippen LogP contribution in [-0.4, -0.2) is 44.2 Å². The van der Waals surface area contributed by atoms with Gasteiger partial charge in [0.2, 0.25) is 5.56 Å². The summed E-state index contributed by atoms with van der Waals surface area (Å²) in [5, 5.41) is 13.6. The molecule has 0 spiro atoms. The number of amides is 1. The maximum absolute atomic E-state index is 11.4. The number of fused-ring (bicyclic) bond motifs is 3. The Bertz CT molecular complexity index is 804. The van der Waals surface area contributed by atoms with E-state index < -0.39 is 6.09 Å². The first-order chi connectivity index (χ1) is 11.1. The highest BCUT2D eigenvalue weighted by Gasteiger charge is 2.43. The normalized spacial score (nSPS) is 26.4. The molecule has 0 aliphatic carbocycles. The van der Waals surface area contributed by atoms with Crippen LogP contribution < -0.4 is 10.9 Å². The number of aromatic nitrogens is 2. The van der Waals surface area contributed by atoms with Gasteiger partial charge in [-0.3, -0.25) is 4.79 Å². The molecule has 23 heavy (non-hydrogen) atoms. The van der Waals surface area contributed by atoms with Crippen LogP contribution in [0.4, 0.5) is 10.6 Å². The molecule has 2 aliphatic heterocycles. The smallest absolute Gasteiger partial charge is 0.407 e. The molecule has 2 fully saturated rings. The number of nitrogens with zero attached hydrogens (tertiary/aromatic N) is 2. The van der Waals surface area contributed by atoms with Crippen molar-refractivity contribution in [2.75, 3.05) is 5.32 Å². The van der Waals surface area contributed by atoms with Crippen LogP contribution in [0.1, 0.15) is 25.7 Å². The van der Waals surface area contributed by atoms with Crippen LogP contribution >= 0.6 is 0 Å². The minimum absolute atomic E-state index is 0.0959. The summed E-state index contributed by atoms with van der Waals surface area (Å²) in [6, 6.07) is 5.43. The zero-order chi connectivity index (χ0) is 16.0. The van der Waals surface area contributed by atoms with Crippen LogP contribution in [0.5, 0.6) is 0 Å². The number of nitrogens with one attached hydrogen (secondary N) is 2. The van der Waals surface area contributed by atoms with Crippen molar-refractivity contribution in [3.05, 3.63) is 34.7 Å². The number of hydrogen-bond donors (Lipinski definition) is 3. The lowest BCUT2D eigenvalue weighted by molar-refractivity contribution is 0.0994. The predicted octanol–water partition coefficient (Wildman–Crippen LogP) is 2.01. The lowest BCUT2D eigenvalue weighted by Crippen LogP contribution is -2.49. The van der Waals surface area contributed by atoms with Crippen LogP contribution in [0.15, 0.2) is 29.2 Å². The fraction of sp³-hybridized carbons (Fsp3) is 0.438. The van der Waals surface area contributed by atoms with E-state index in [4.69, 9.17) is 0 Å². The van der Waals surface area contributed by atoms with Gasteiger partial charge in [-0.1, -0.05) is 0 Å². The molecule has 2 saturated heterocycles. The Morgan fingerprint density at radius 3 is 2.70 bits per heavy atom. The van der Waals surface area contributed by atoms with E-state index in [9.17, 15) is 14.7 Å². The first kappa shape index (κ1) is 14.0. The lowest BCUT2D eigenvalue weighted by Gasteiger charge is -2.37. The van der Waals surface area contributed by atoms with Crippen LogP contribution in [0.25, 0.3) is 10.9 Å². The van der Waals surface area contributed by atoms with Crippen LogP contribution in [0.2, 0.25) is 0 Å². The number of hydrogen-bond acceptors (Lipinski definition) is 4. The van der Waals surface area contributed by atoms with Crippen LogP contribution in [0, 0.1) is 0 Å². The Hall–Kier alpha value is -2.57. The van der Waals surface area contributed by atoms with E-state index in [0.717, 1.165) is 42.4 Å². The molecule has 2 aromatic heterocycles. The van der Waals surface area contributed by atoms with E-state index in [1.54, 1.807) is 23.2 Å². The Morgan fingerprint density at radius 2 is 2.00 bits per heavy atom. The second kappa shape index (κ2) is 5.26. The average molecular weight is 314 g/mol. The molecule has 0 aromatic carbocycles. The molecule has 0 saturated carbocycles. The number of pyridine rings is 2. The molecule has 2 aliphatic rings. The summed E-state index contributed by atoms with van der Waals surface area (Å²) < 4.78 is 0. The summed E-state index contributed by atoms with van der Waals surface area (Å²) in [6.45, 7) is 0. The van der Waals surface area contributed by atoms with Crippen molar-refractivity contribution in [3.63, 3.8) is 0 Å². The van der Waals surface area contributed by atoms with Gasteiger partial charge in [0.05, 0.1) is 5.52 Å². The number of carbonyl (C=O) groups is 1. The third-order valence-corrected chi connectivity index (χ3v) is 4.94. The summed E-state index contributed by atoms with van der Waals surface area (Å²) in [6.07, 6.45) is 4.32. The zero-order valence-corrected chi connectivity index (χ0v) is 12.5. The number of rotatable bonds is 2. The molecule has 4 rings (SSSR count). The van der Waals surface area contributed by atoms with Gasteiger partial charge in [-0.15, -0.1) is 0 Å². The van der Waals surface area contributed by atoms with E-state index in [0.29, 0.717) is 0 Å². The Balaban J connectivity index is 1.58. The van der Waals surface area contributed by atoms with E-state index in [-0.39, 0.29) is 23.7 Å². The Morgan fingerprint density at radius 1 is 1.26 bits per heavy atom. The number of aromatic amines is 1. The van der Waals surface area contributed by atoms with Crippen molar-refractivity contribution in [1.29, 1.82) is 0 Å². The van der Waals surface area contributed by atoms with Gasteiger partial charge in [0.1, 0.15) is 5.82 Å². The molecule has 1 unspecified atom stereocenters. The lowest BCUT2D eigenvalue weighted by atomic mass is 9.97. The van der Waals surface area contributed by atoms with Gasteiger partial charge in [0.25, 0.3) is 0 Å². The monoisotopic (exact) mass is 314 g/mol. The zero-order valence-electron chi connectivity index (χ0n) is 12.5. The molecule has 1 amide bonds. The van der Waals surface area contributed by atoms with Crippen molar-refractivity contribution >= 4 is 22.8 Å². The first-order valence-corrected chi connectivity index (χ1v) is 7.87. The largest absolute Gasteiger partial charge is 0.465 e. The standard InChI is InChI=1S/C16H18N4O3/c21-14-4-3-12-13(19-14)5-6-17-15(12)18-9-7-10-1-2-11(8-9)20(10)16(22)23/h3-6,9-11H,1-2,7-8H2,(H,17,18)(H,19,21)(H,22,23)/t9?,10-,11+. The maximum atomic E-state index is 11.4. The van der Waals surface area contributed by atoms with Gasteiger partial charge >= 0.3 is 6.09 Å². The third kappa shape index (κ3) is 2.42. The summed E-state index contributed by atoms with van der Waals surface area (Å²) in [4.78, 5) is 31.6. The molecule has 2 bridgehead atoms. The SMILES string of the molecule is O=C(O)N1[C@@H]2CC[C@H]1CC(Nc1nccc3[nH]c(=O)ccc13)C2. The van der Waals surface area contributed by atoms with Crippen molar-refractivity contribution in [2.45, 2.75) is 43.8 Å². The van der Waals surface area contributed by atoms with Gasteiger partial charge < -0.3 is 20.3 Å². The van der Waals surface area contributed by atoms with Crippen molar-refractivity contribution in [3.8, 4) is 0 Å². The third-order valence-electron chi connectivity index (χ3n) is 4.94. The molecular formula is C16H18N4O3. The fourth-order valence-corrected chi connectivity index (χ4v) is 4.00. The van der Waals surface area contributed by atoms with E-state index in [1.165, 1.54) is 6.07 Å². The highest BCUT2D eigenvalue weighted by atomic mass is 16.4. The summed E-state index contributed by atoms with van der Waals surface area (Å²) in [5.41, 5.74) is 0.614. The maximum Gasteiger partial charge on any atom is 0.407 e. The number of carboxylic acid groups (broad SMARTS) is 1. The molecule has 120 valence electrons.